The topological polar surface area (TPSA) is 52.3 Å². The van der Waals surface area contributed by atoms with E-state index in [1.54, 1.807) is 36.7 Å². The molecule has 0 unspecified atom stereocenters. The molecule has 0 radical (unpaired) electrons. The average Bonchev–Trinajstić information content (AvgIpc) is 2.95. The van der Waals surface area contributed by atoms with Crippen LogP contribution in [0.3, 0.4) is 0 Å². The van der Waals surface area contributed by atoms with Crippen molar-refractivity contribution in [3.8, 4) is 11.3 Å². The summed E-state index contributed by atoms with van der Waals surface area (Å²) in [7, 11) is 1.33. The molecule has 4 nitrogen and oxygen atoms in total. The summed E-state index contributed by atoms with van der Waals surface area (Å²) in [5.74, 6) is -0.423. The van der Waals surface area contributed by atoms with Gasteiger partial charge < -0.3 is 9.15 Å². The number of carbonyl (C=O) groups is 1. The molecule has 3 rings (SSSR count). The summed E-state index contributed by atoms with van der Waals surface area (Å²) in [6, 6.07) is 8.61. The summed E-state index contributed by atoms with van der Waals surface area (Å²) in [6.45, 7) is 0. The van der Waals surface area contributed by atoms with E-state index in [2.05, 4.69) is 9.72 Å². The smallest absolute Gasteiger partial charge is 0.337 e. The Bertz CT molecular complexity index is 795. The highest BCUT2D eigenvalue weighted by molar-refractivity contribution is 6.34. The molecule has 0 amide bonds. The van der Waals surface area contributed by atoms with Crippen molar-refractivity contribution in [2.75, 3.05) is 7.11 Å². The number of pyridine rings is 1. The van der Waals surface area contributed by atoms with Crippen LogP contribution in [-0.4, -0.2) is 18.1 Å². The lowest BCUT2D eigenvalue weighted by atomic mass is 10.1. The molecule has 0 N–H and O–H groups in total. The fourth-order valence-corrected chi connectivity index (χ4v) is 2.33. The monoisotopic (exact) mass is 287 g/mol. The fraction of sp³-hybridized carbons (Fsp3) is 0.0667. The third-order valence-corrected chi connectivity index (χ3v) is 3.34. The van der Waals surface area contributed by atoms with Gasteiger partial charge in [-0.15, -0.1) is 0 Å². The first-order valence-electron chi connectivity index (χ1n) is 5.91. The van der Waals surface area contributed by atoms with E-state index in [1.165, 1.54) is 7.11 Å². The van der Waals surface area contributed by atoms with E-state index in [-0.39, 0.29) is 0 Å². The van der Waals surface area contributed by atoms with Crippen LogP contribution in [0.2, 0.25) is 5.02 Å². The summed E-state index contributed by atoms with van der Waals surface area (Å²) in [4.78, 5) is 15.8. The third kappa shape index (κ3) is 2.04. The molecular weight excluding hydrogens is 278 g/mol. The summed E-state index contributed by atoms with van der Waals surface area (Å²) in [5.41, 5.74) is 2.60. The Morgan fingerprint density at radius 3 is 2.90 bits per heavy atom. The average molecular weight is 288 g/mol. The van der Waals surface area contributed by atoms with Gasteiger partial charge in [0.2, 0.25) is 0 Å². The Morgan fingerprint density at radius 1 is 1.30 bits per heavy atom. The number of methoxy groups -OCH3 is 1. The van der Waals surface area contributed by atoms with Crippen molar-refractivity contribution >= 4 is 28.5 Å². The highest BCUT2D eigenvalue weighted by atomic mass is 35.5. The predicted molar refractivity (Wildman–Crippen MR) is 75.8 cm³/mol. The summed E-state index contributed by atoms with van der Waals surface area (Å²) >= 11 is 6.25. The third-order valence-electron chi connectivity index (χ3n) is 3.03. The van der Waals surface area contributed by atoms with Crippen LogP contribution >= 0.6 is 11.6 Å². The normalized spacial score (nSPS) is 10.7. The fourth-order valence-electron chi connectivity index (χ4n) is 2.06. The van der Waals surface area contributed by atoms with E-state index < -0.39 is 5.97 Å². The maximum absolute atomic E-state index is 11.5. The molecule has 0 aliphatic carbocycles. The van der Waals surface area contributed by atoms with Crippen LogP contribution in [0.15, 0.2) is 47.2 Å². The van der Waals surface area contributed by atoms with Crippen LogP contribution in [0.4, 0.5) is 0 Å². The van der Waals surface area contributed by atoms with Crippen molar-refractivity contribution in [1.82, 2.24) is 4.98 Å². The van der Waals surface area contributed by atoms with Crippen LogP contribution in [0.5, 0.6) is 0 Å². The first kappa shape index (κ1) is 12.7. The van der Waals surface area contributed by atoms with Gasteiger partial charge in [-0.3, -0.25) is 4.98 Å². The second-order valence-electron chi connectivity index (χ2n) is 4.18. The SMILES string of the molecule is COC(=O)c1ccc(-c2nccc3occc23)c(Cl)c1. The first-order valence-corrected chi connectivity index (χ1v) is 6.29. The second-order valence-corrected chi connectivity index (χ2v) is 4.59. The summed E-state index contributed by atoms with van der Waals surface area (Å²) in [5, 5.41) is 1.31. The molecule has 0 saturated heterocycles. The van der Waals surface area contributed by atoms with E-state index in [1.807, 2.05) is 6.07 Å². The number of ether oxygens (including phenoxy) is 1. The molecule has 0 aliphatic heterocycles. The molecular formula is C15H10ClNO3. The lowest BCUT2D eigenvalue weighted by Gasteiger charge is -2.06. The van der Waals surface area contributed by atoms with E-state index in [4.69, 9.17) is 16.0 Å². The van der Waals surface area contributed by atoms with Gasteiger partial charge in [-0.2, -0.15) is 0 Å². The number of nitrogens with zero attached hydrogens (tertiary/aromatic N) is 1. The van der Waals surface area contributed by atoms with Crippen LogP contribution in [0.1, 0.15) is 10.4 Å². The number of furan rings is 1. The molecule has 3 aromatic rings. The van der Waals surface area contributed by atoms with Gasteiger partial charge in [-0.05, 0) is 24.3 Å². The minimum Gasteiger partial charge on any atom is -0.465 e. The second kappa shape index (κ2) is 4.98. The maximum atomic E-state index is 11.5. The number of hydrogen-bond acceptors (Lipinski definition) is 4. The highest BCUT2D eigenvalue weighted by Crippen LogP contribution is 2.32. The number of carbonyl (C=O) groups excluding carboxylic acids is 1. The van der Waals surface area contributed by atoms with Gasteiger partial charge in [0.15, 0.2) is 0 Å². The van der Waals surface area contributed by atoms with Crippen molar-refractivity contribution in [3.05, 3.63) is 53.4 Å². The largest absolute Gasteiger partial charge is 0.465 e. The molecule has 20 heavy (non-hydrogen) atoms. The van der Waals surface area contributed by atoms with Crippen LogP contribution in [-0.2, 0) is 4.74 Å². The van der Waals surface area contributed by atoms with E-state index in [9.17, 15) is 4.79 Å². The predicted octanol–water partition coefficient (Wildman–Crippen LogP) is 3.93. The minimum atomic E-state index is -0.423. The van der Waals surface area contributed by atoms with Gasteiger partial charge in [0.1, 0.15) is 5.58 Å². The lowest BCUT2D eigenvalue weighted by Crippen LogP contribution is -2.01. The molecule has 100 valence electrons. The number of benzene rings is 1. The van der Waals surface area contributed by atoms with Crippen molar-refractivity contribution in [1.29, 1.82) is 0 Å². The number of rotatable bonds is 2. The number of hydrogen-bond donors (Lipinski definition) is 0. The van der Waals surface area contributed by atoms with Gasteiger partial charge in [-0.1, -0.05) is 17.7 Å². The van der Waals surface area contributed by atoms with E-state index in [0.29, 0.717) is 10.6 Å². The molecule has 0 aliphatic rings. The van der Waals surface area contributed by atoms with E-state index >= 15 is 0 Å². The number of fused-ring (bicyclic) bond motifs is 1. The molecule has 0 atom stereocenters. The minimum absolute atomic E-state index is 0.403. The Hall–Kier alpha value is -2.33. The van der Waals surface area contributed by atoms with Crippen LogP contribution < -0.4 is 0 Å². The summed E-state index contributed by atoms with van der Waals surface area (Å²) in [6.07, 6.45) is 3.26. The lowest BCUT2D eigenvalue weighted by molar-refractivity contribution is 0.0601. The molecule has 0 bridgehead atoms. The Morgan fingerprint density at radius 2 is 2.15 bits per heavy atom. The standard InChI is InChI=1S/C15H10ClNO3/c1-19-15(18)9-2-3-10(12(16)8-9)14-11-5-7-20-13(11)4-6-17-14/h2-8H,1H3. The molecule has 0 saturated carbocycles. The van der Waals surface area contributed by atoms with Crippen molar-refractivity contribution in [2.24, 2.45) is 0 Å². The quantitative estimate of drug-likeness (QED) is 0.670. The Kier molecular flexibility index (Phi) is 3.16. The Labute approximate surface area is 119 Å². The van der Waals surface area contributed by atoms with Gasteiger partial charge in [-0.25, -0.2) is 4.79 Å². The zero-order valence-corrected chi connectivity index (χ0v) is 11.3. The van der Waals surface area contributed by atoms with Crippen LogP contribution in [0, 0.1) is 0 Å². The first-order chi connectivity index (χ1) is 9.70. The van der Waals surface area contributed by atoms with Gasteiger partial charge in [0.05, 0.1) is 29.7 Å². The van der Waals surface area contributed by atoms with Crippen LogP contribution in [0.25, 0.3) is 22.2 Å². The van der Waals surface area contributed by atoms with Gasteiger partial charge in [0, 0.05) is 17.1 Å². The summed E-state index contributed by atoms with van der Waals surface area (Å²) < 4.78 is 10.0. The molecule has 0 fully saturated rings. The number of aromatic nitrogens is 1. The maximum Gasteiger partial charge on any atom is 0.337 e. The highest BCUT2D eigenvalue weighted by Gasteiger charge is 2.13. The van der Waals surface area contributed by atoms with Crippen molar-refractivity contribution in [3.63, 3.8) is 0 Å². The molecule has 2 aromatic heterocycles. The molecule has 5 heteroatoms. The molecule has 1 aromatic carbocycles. The number of esters is 1. The van der Waals surface area contributed by atoms with Crippen molar-refractivity contribution < 1.29 is 13.9 Å². The zero-order chi connectivity index (χ0) is 14.1. The molecule has 0 spiro atoms. The molecule has 2 heterocycles. The van der Waals surface area contributed by atoms with Gasteiger partial charge >= 0.3 is 5.97 Å². The van der Waals surface area contributed by atoms with Crippen molar-refractivity contribution in [2.45, 2.75) is 0 Å². The van der Waals surface area contributed by atoms with E-state index in [0.717, 1.165) is 22.2 Å². The zero-order valence-electron chi connectivity index (χ0n) is 10.6. The van der Waals surface area contributed by atoms with Gasteiger partial charge in [0.25, 0.3) is 0 Å². The number of halogens is 1. The Balaban J connectivity index is 2.15.